The number of hydrogen-bond acceptors (Lipinski definition) is 6. The third kappa shape index (κ3) is 2.81. The first-order valence-corrected chi connectivity index (χ1v) is 8.59. The van der Waals surface area contributed by atoms with Gasteiger partial charge in [0, 0.05) is 5.92 Å². The fraction of sp³-hybridized carbons (Fsp3) is 0.600. The summed E-state index contributed by atoms with van der Waals surface area (Å²) < 4.78 is 11.9. The van der Waals surface area contributed by atoms with E-state index in [2.05, 4.69) is 14.9 Å². The molecule has 2 saturated heterocycles. The first-order chi connectivity index (χ1) is 10.8. The number of nitrogens with one attached hydrogen (secondary N) is 1. The Morgan fingerprint density at radius 3 is 2.86 bits per heavy atom. The first-order valence-electron chi connectivity index (χ1n) is 7.71. The van der Waals surface area contributed by atoms with Crippen LogP contribution in [0.5, 0.6) is 0 Å². The van der Waals surface area contributed by atoms with Gasteiger partial charge in [0.1, 0.15) is 10.5 Å². The summed E-state index contributed by atoms with van der Waals surface area (Å²) in [5.74, 6) is 1.24. The summed E-state index contributed by atoms with van der Waals surface area (Å²) >= 11 is 1.44. The standard InChI is InChI=1S/C15H19N3O3S/c19-14-13-11(3-8-22-13)16-12(17-14)9-18-4-1-10(2-5-18)15-20-6-7-21-15/h3,8,10,15H,1-2,4-7,9H2,(H,16,17,19). The number of aromatic amines is 1. The predicted octanol–water partition coefficient (Wildman–Crippen LogP) is 1.57. The molecule has 2 fully saturated rings. The van der Waals surface area contributed by atoms with E-state index in [-0.39, 0.29) is 11.8 Å². The lowest BCUT2D eigenvalue weighted by Crippen LogP contribution is -2.38. The van der Waals surface area contributed by atoms with Crippen LogP contribution in [0.25, 0.3) is 10.2 Å². The van der Waals surface area contributed by atoms with Gasteiger partial charge >= 0.3 is 0 Å². The first kappa shape index (κ1) is 14.3. The van der Waals surface area contributed by atoms with E-state index < -0.39 is 0 Å². The number of ether oxygens (including phenoxy) is 2. The molecule has 2 aliphatic heterocycles. The van der Waals surface area contributed by atoms with Gasteiger partial charge in [0.05, 0.1) is 25.3 Å². The summed E-state index contributed by atoms with van der Waals surface area (Å²) in [5, 5.41) is 1.91. The van der Waals surface area contributed by atoms with E-state index in [1.165, 1.54) is 11.3 Å². The molecule has 7 heteroatoms. The third-order valence-electron chi connectivity index (χ3n) is 4.40. The fourth-order valence-electron chi connectivity index (χ4n) is 3.24. The molecule has 0 radical (unpaired) electrons. The molecule has 22 heavy (non-hydrogen) atoms. The topological polar surface area (TPSA) is 67.5 Å². The van der Waals surface area contributed by atoms with Crippen molar-refractivity contribution in [1.82, 2.24) is 14.9 Å². The number of fused-ring (bicyclic) bond motifs is 1. The maximum absolute atomic E-state index is 12.0. The van der Waals surface area contributed by atoms with E-state index in [4.69, 9.17) is 9.47 Å². The van der Waals surface area contributed by atoms with Crippen LogP contribution in [0.3, 0.4) is 0 Å². The number of aromatic nitrogens is 2. The van der Waals surface area contributed by atoms with Gasteiger partial charge in [0.15, 0.2) is 6.29 Å². The Kier molecular flexibility index (Phi) is 3.96. The van der Waals surface area contributed by atoms with E-state index in [1.807, 2.05) is 11.4 Å². The van der Waals surface area contributed by atoms with E-state index in [0.29, 0.717) is 17.2 Å². The van der Waals surface area contributed by atoms with Crippen molar-refractivity contribution in [2.24, 2.45) is 5.92 Å². The molecule has 0 unspecified atom stereocenters. The van der Waals surface area contributed by atoms with Crippen LogP contribution in [-0.4, -0.2) is 47.5 Å². The van der Waals surface area contributed by atoms with Gasteiger partial charge in [-0.2, -0.15) is 0 Å². The minimum Gasteiger partial charge on any atom is -0.350 e. The number of H-pyrrole nitrogens is 1. The van der Waals surface area contributed by atoms with Crippen LogP contribution in [0.15, 0.2) is 16.2 Å². The van der Waals surface area contributed by atoms with Crippen LogP contribution < -0.4 is 5.56 Å². The highest BCUT2D eigenvalue weighted by Crippen LogP contribution is 2.26. The molecule has 2 aliphatic rings. The van der Waals surface area contributed by atoms with Gasteiger partial charge in [-0.25, -0.2) is 4.98 Å². The average Bonchev–Trinajstić information content (AvgIpc) is 3.19. The lowest BCUT2D eigenvalue weighted by molar-refractivity contribution is -0.0978. The second-order valence-corrected chi connectivity index (χ2v) is 6.79. The van der Waals surface area contributed by atoms with Crippen molar-refractivity contribution in [2.75, 3.05) is 26.3 Å². The Morgan fingerprint density at radius 1 is 1.32 bits per heavy atom. The molecule has 2 aromatic rings. The molecular weight excluding hydrogens is 302 g/mol. The number of piperidine rings is 1. The Balaban J connectivity index is 1.40. The summed E-state index contributed by atoms with van der Waals surface area (Å²) in [5.41, 5.74) is 0.768. The maximum atomic E-state index is 12.0. The molecule has 6 nitrogen and oxygen atoms in total. The SMILES string of the molecule is O=c1[nH]c(CN2CCC(C3OCCO3)CC2)nc2ccsc12. The van der Waals surface area contributed by atoms with Gasteiger partial charge in [-0.3, -0.25) is 9.69 Å². The normalized spacial score (nSPS) is 21.8. The van der Waals surface area contributed by atoms with Gasteiger partial charge in [-0.15, -0.1) is 11.3 Å². The highest BCUT2D eigenvalue weighted by Gasteiger charge is 2.30. The van der Waals surface area contributed by atoms with Crippen LogP contribution >= 0.6 is 11.3 Å². The van der Waals surface area contributed by atoms with E-state index in [9.17, 15) is 4.79 Å². The molecular formula is C15H19N3O3S. The summed E-state index contributed by atoms with van der Waals surface area (Å²) in [6.07, 6.45) is 2.12. The lowest BCUT2D eigenvalue weighted by Gasteiger charge is -2.33. The largest absolute Gasteiger partial charge is 0.350 e. The van der Waals surface area contributed by atoms with E-state index >= 15 is 0 Å². The van der Waals surface area contributed by atoms with Crippen LogP contribution in [0, 0.1) is 5.92 Å². The minimum absolute atomic E-state index is 0.0118. The second kappa shape index (κ2) is 6.08. The number of rotatable bonds is 3. The summed E-state index contributed by atoms with van der Waals surface area (Å²) in [7, 11) is 0. The molecule has 0 aliphatic carbocycles. The molecule has 4 rings (SSSR count). The van der Waals surface area contributed by atoms with Gasteiger partial charge < -0.3 is 14.5 Å². The number of thiophene rings is 1. The van der Waals surface area contributed by atoms with Crippen LogP contribution in [0.4, 0.5) is 0 Å². The molecule has 4 heterocycles. The Labute approximate surface area is 132 Å². The van der Waals surface area contributed by atoms with Crippen molar-refractivity contribution >= 4 is 21.6 Å². The zero-order valence-corrected chi connectivity index (χ0v) is 13.1. The minimum atomic E-state index is -0.0300. The Hall–Kier alpha value is -1.28. The van der Waals surface area contributed by atoms with Crippen molar-refractivity contribution in [3.8, 4) is 0 Å². The monoisotopic (exact) mass is 321 g/mol. The van der Waals surface area contributed by atoms with Crippen molar-refractivity contribution in [3.05, 3.63) is 27.6 Å². The molecule has 0 saturated carbocycles. The van der Waals surface area contributed by atoms with E-state index in [0.717, 1.165) is 50.5 Å². The van der Waals surface area contributed by atoms with Crippen LogP contribution in [0.2, 0.25) is 0 Å². The molecule has 0 bridgehead atoms. The molecule has 0 atom stereocenters. The molecule has 2 aromatic heterocycles. The van der Waals surface area contributed by atoms with Crippen molar-refractivity contribution in [2.45, 2.75) is 25.7 Å². The fourth-order valence-corrected chi connectivity index (χ4v) is 3.97. The smallest absolute Gasteiger partial charge is 0.268 e. The van der Waals surface area contributed by atoms with Crippen molar-refractivity contribution < 1.29 is 9.47 Å². The Morgan fingerprint density at radius 2 is 2.09 bits per heavy atom. The number of hydrogen-bond donors (Lipinski definition) is 1. The van der Waals surface area contributed by atoms with Crippen LogP contribution in [-0.2, 0) is 16.0 Å². The van der Waals surface area contributed by atoms with Crippen molar-refractivity contribution in [1.29, 1.82) is 0 Å². The quantitative estimate of drug-likeness (QED) is 0.929. The highest BCUT2D eigenvalue weighted by molar-refractivity contribution is 7.17. The molecule has 0 spiro atoms. The van der Waals surface area contributed by atoms with Gasteiger partial charge in [-0.05, 0) is 37.4 Å². The zero-order valence-electron chi connectivity index (χ0n) is 12.3. The van der Waals surface area contributed by atoms with Gasteiger partial charge in [0.2, 0.25) is 0 Å². The van der Waals surface area contributed by atoms with E-state index in [1.54, 1.807) is 0 Å². The Bertz CT molecular complexity index is 699. The van der Waals surface area contributed by atoms with Gasteiger partial charge in [0.25, 0.3) is 5.56 Å². The summed E-state index contributed by atoms with van der Waals surface area (Å²) in [6, 6.07) is 1.90. The zero-order chi connectivity index (χ0) is 14.9. The lowest BCUT2D eigenvalue weighted by atomic mass is 9.96. The van der Waals surface area contributed by atoms with Crippen LogP contribution in [0.1, 0.15) is 18.7 Å². The van der Waals surface area contributed by atoms with Gasteiger partial charge in [-0.1, -0.05) is 0 Å². The molecule has 118 valence electrons. The summed E-state index contributed by atoms with van der Waals surface area (Å²) in [6.45, 7) is 4.10. The third-order valence-corrected chi connectivity index (χ3v) is 5.30. The maximum Gasteiger partial charge on any atom is 0.268 e. The summed E-state index contributed by atoms with van der Waals surface area (Å²) in [4.78, 5) is 21.8. The molecule has 0 amide bonds. The predicted molar refractivity (Wildman–Crippen MR) is 83.9 cm³/mol. The molecule has 1 N–H and O–H groups in total. The number of likely N-dealkylation sites (tertiary alicyclic amines) is 1. The van der Waals surface area contributed by atoms with Crippen molar-refractivity contribution in [3.63, 3.8) is 0 Å². The number of nitrogens with zero attached hydrogens (tertiary/aromatic N) is 2. The average molecular weight is 321 g/mol. The highest BCUT2D eigenvalue weighted by atomic mass is 32.1. The second-order valence-electron chi connectivity index (χ2n) is 5.87. The molecule has 0 aromatic carbocycles.